The largest absolute Gasteiger partial charge is 0.454 e. The molecule has 0 bridgehead atoms. The van der Waals surface area contributed by atoms with Gasteiger partial charge in [0.05, 0.1) is 4.90 Å². The van der Waals surface area contributed by atoms with Gasteiger partial charge in [-0.2, -0.15) is 4.72 Å². The number of nitrogens with one attached hydrogen (secondary N) is 1. The molecular formula is C21H26N2O5S. The van der Waals surface area contributed by atoms with E-state index in [1.165, 1.54) is 24.0 Å². The maximum absolute atomic E-state index is 12.3. The second-order valence-electron chi connectivity index (χ2n) is 7.00. The summed E-state index contributed by atoms with van der Waals surface area (Å²) in [7, 11) is -2.26. The Balaban J connectivity index is 1.86. The highest BCUT2D eigenvalue weighted by molar-refractivity contribution is 7.89. The van der Waals surface area contributed by atoms with Crippen LogP contribution in [0.2, 0.25) is 0 Å². The lowest BCUT2D eigenvalue weighted by molar-refractivity contribution is -0.152. The van der Waals surface area contributed by atoms with E-state index in [0.717, 1.165) is 16.7 Å². The molecule has 156 valence electrons. The number of ether oxygens (including phenoxy) is 1. The molecule has 8 heteroatoms. The molecule has 2 aromatic carbocycles. The fraction of sp³-hybridized carbons (Fsp3) is 0.333. The first-order valence-corrected chi connectivity index (χ1v) is 10.6. The molecule has 0 aliphatic carbocycles. The van der Waals surface area contributed by atoms with Crippen molar-refractivity contribution in [2.75, 3.05) is 13.7 Å². The van der Waals surface area contributed by atoms with Crippen LogP contribution in [0.15, 0.2) is 53.4 Å². The van der Waals surface area contributed by atoms with Crippen LogP contribution in [0.4, 0.5) is 0 Å². The third kappa shape index (κ3) is 6.69. The van der Waals surface area contributed by atoms with E-state index < -0.39 is 28.6 Å². The van der Waals surface area contributed by atoms with Gasteiger partial charge in [-0.25, -0.2) is 8.42 Å². The number of sulfonamides is 1. The Morgan fingerprint density at radius 3 is 2.07 bits per heavy atom. The molecule has 0 aliphatic rings. The average Bonchev–Trinajstić information content (AvgIpc) is 2.67. The van der Waals surface area contributed by atoms with Crippen molar-refractivity contribution in [2.45, 2.75) is 38.3 Å². The van der Waals surface area contributed by atoms with Crippen molar-refractivity contribution in [3.63, 3.8) is 0 Å². The molecule has 0 heterocycles. The summed E-state index contributed by atoms with van der Waals surface area (Å²) >= 11 is 0. The number of likely N-dealkylation sites (N-methyl/N-ethyl adjacent to an activating group) is 1. The Labute approximate surface area is 171 Å². The van der Waals surface area contributed by atoms with Gasteiger partial charge in [0.1, 0.15) is 6.04 Å². The molecule has 1 N–H and O–H groups in total. The number of hydrogen-bond acceptors (Lipinski definition) is 5. The lowest BCUT2D eigenvalue weighted by Crippen LogP contribution is -2.41. The fourth-order valence-electron chi connectivity index (χ4n) is 2.49. The van der Waals surface area contributed by atoms with Crippen molar-refractivity contribution in [1.29, 1.82) is 0 Å². The first-order valence-electron chi connectivity index (χ1n) is 9.13. The number of carbonyl (C=O) groups excluding carboxylic acids is 2. The number of benzene rings is 2. The van der Waals surface area contributed by atoms with Crippen LogP contribution >= 0.6 is 0 Å². The van der Waals surface area contributed by atoms with Crippen LogP contribution in [0.1, 0.15) is 23.6 Å². The zero-order chi connectivity index (χ0) is 21.6. The second-order valence-corrected chi connectivity index (χ2v) is 8.71. The molecule has 7 nitrogen and oxygen atoms in total. The Kier molecular flexibility index (Phi) is 7.53. The normalized spacial score (nSPS) is 12.3. The van der Waals surface area contributed by atoms with Gasteiger partial charge in [0, 0.05) is 13.6 Å². The molecule has 2 rings (SSSR count). The summed E-state index contributed by atoms with van der Waals surface area (Å²) in [4.78, 5) is 25.8. The zero-order valence-corrected chi connectivity index (χ0v) is 17.8. The highest BCUT2D eigenvalue weighted by atomic mass is 32.2. The van der Waals surface area contributed by atoms with Crippen LogP contribution in [0.5, 0.6) is 0 Å². The number of aryl methyl sites for hydroxylation is 2. The molecule has 0 spiro atoms. The quantitative estimate of drug-likeness (QED) is 0.664. The number of nitrogens with zero attached hydrogens (tertiary/aromatic N) is 1. The summed E-state index contributed by atoms with van der Waals surface area (Å²) in [6, 6.07) is 12.9. The molecule has 29 heavy (non-hydrogen) atoms. The number of carbonyl (C=O) groups is 2. The zero-order valence-electron chi connectivity index (χ0n) is 17.0. The number of amides is 1. The highest BCUT2D eigenvalue weighted by Crippen LogP contribution is 2.11. The lowest BCUT2D eigenvalue weighted by Gasteiger charge is -2.18. The van der Waals surface area contributed by atoms with Gasteiger partial charge in [0.25, 0.3) is 5.91 Å². The van der Waals surface area contributed by atoms with E-state index in [2.05, 4.69) is 4.72 Å². The van der Waals surface area contributed by atoms with Crippen molar-refractivity contribution in [3.8, 4) is 0 Å². The Morgan fingerprint density at radius 1 is 1.00 bits per heavy atom. The van der Waals surface area contributed by atoms with Gasteiger partial charge in [-0.05, 0) is 38.5 Å². The summed E-state index contributed by atoms with van der Waals surface area (Å²) in [5.41, 5.74) is 3.00. The van der Waals surface area contributed by atoms with Crippen LogP contribution in [-0.4, -0.2) is 44.9 Å². The van der Waals surface area contributed by atoms with Crippen LogP contribution in [0, 0.1) is 13.8 Å². The molecule has 1 atom stereocenters. The molecule has 2 aromatic rings. The van der Waals surface area contributed by atoms with E-state index >= 15 is 0 Å². The smallest absolute Gasteiger partial charge is 0.324 e. The minimum Gasteiger partial charge on any atom is -0.454 e. The minimum absolute atomic E-state index is 0.0525. The van der Waals surface area contributed by atoms with Crippen LogP contribution in [-0.2, 0) is 30.9 Å². The van der Waals surface area contributed by atoms with Crippen molar-refractivity contribution in [2.24, 2.45) is 0 Å². The molecule has 0 unspecified atom stereocenters. The summed E-state index contributed by atoms with van der Waals surface area (Å²) in [6.07, 6.45) is 0. The summed E-state index contributed by atoms with van der Waals surface area (Å²) in [5, 5.41) is 0. The van der Waals surface area contributed by atoms with Crippen LogP contribution in [0.3, 0.4) is 0 Å². The van der Waals surface area contributed by atoms with E-state index in [1.54, 1.807) is 19.2 Å². The number of hydrogen-bond donors (Lipinski definition) is 1. The van der Waals surface area contributed by atoms with E-state index in [1.807, 2.05) is 38.1 Å². The Bertz CT molecular complexity index is 954. The lowest BCUT2D eigenvalue weighted by atomic mass is 10.1. The van der Waals surface area contributed by atoms with Gasteiger partial charge in [0.15, 0.2) is 6.61 Å². The standard InChI is InChI=1S/C21H26N2O5S/c1-15-5-9-18(10-6-15)13-23(4)20(24)14-28-21(25)17(3)22-29(26,27)19-11-7-16(2)8-12-19/h5-12,17,22H,13-14H2,1-4H3/t17-/m0/s1. The van der Waals surface area contributed by atoms with Crippen molar-refractivity contribution >= 4 is 21.9 Å². The van der Waals surface area contributed by atoms with E-state index in [9.17, 15) is 18.0 Å². The summed E-state index contributed by atoms with van der Waals surface area (Å²) in [5.74, 6) is -1.20. The molecule has 0 saturated heterocycles. The minimum atomic E-state index is -3.87. The maximum atomic E-state index is 12.3. The monoisotopic (exact) mass is 418 g/mol. The molecule has 0 saturated carbocycles. The number of rotatable bonds is 8. The average molecular weight is 419 g/mol. The first kappa shape index (κ1) is 22.6. The van der Waals surface area contributed by atoms with Gasteiger partial charge in [-0.15, -0.1) is 0 Å². The van der Waals surface area contributed by atoms with Crippen molar-refractivity contribution in [1.82, 2.24) is 9.62 Å². The summed E-state index contributed by atoms with van der Waals surface area (Å²) in [6.45, 7) is 5.11. The first-order chi connectivity index (χ1) is 13.6. The Hall–Kier alpha value is -2.71. The molecule has 0 aromatic heterocycles. The molecule has 0 fully saturated rings. The van der Waals surface area contributed by atoms with E-state index in [0.29, 0.717) is 6.54 Å². The fourth-order valence-corrected chi connectivity index (χ4v) is 3.68. The second kappa shape index (κ2) is 9.67. The third-order valence-electron chi connectivity index (χ3n) is 4.32. The van der Waals surface area contributed by atoms with Crippen molar-refractivity contribution < 1.29 is 22.7 Å². The van der Waals surface area contributed by atoms with E-state index in [-0.39, 0.29) is 10.8 Å². The van der Waals surface area contributed by atoms with E-state index in [4.69, 9.17) is 4.74 Å². The van der Waals surface area contributed by atoms with Gasteiger partial charge in [-0.3, -0.25) is 9.59 Å². The molecule has 0 radical (unpaired) electrons. The Morgan fingerprint density at radius 2 is 1.52 bits per heavy atom. The molecular weight excluding hydrogens is 392 g/mol. The summed E-state index contributed by atoms with van der Waals surface area (Å²) < 4.78 is 31.9. The molecule has 0 aliphatic heterocycles. The topological polar surface area (TPSA) is 92.8 Å². The predicted octanol–water partition coefficient (Wildman–Crippen LogP) is 2.17. The van der Waals surface area contributed by atoms with Gasteiger partial charge >= 0.3 is 5.97 Å². The number of esters is 1. The van der Waals surface area contributed by atoms with Gasteiger partial charge in [-0.1, -0.05) is 47.5 Å². The highest BCUT2D eigenvalue weighted by Gasteiger charge is 2.24. The van der Waals surface area contributed by atoms with Gasteiger partial charge in [0.2, 0.25) is 10.0 Å². The van der Waals surface area contributed by atoms with Crippen molar-refractivity contribution in [3.05, 3.63) is 65.2 Å². The third-order valence-corrected chi connectivity index (χ3v) is 5.88. The van der Waals surface area contributed by atoms with Crippen LogP contribution < -0.4 is 4.72 Å². The SMILES string of the molecule is Cc1ccc(CN(C)C(=O)COC(=O)[C@H](C)NS(=O)(=O)c2ccc(C)cc2)cc1. The predicted molar refractivity (Wildman–Crippen MR) is 110 cm³/mol. The van der Waals surface area contributed by atoms with Gasteiger partial charge < -0.3 is 9.64 Å². The maximum Gasteiger partial charge on any atom is 0.324 e. The van der Waals surface area contributed by atoms with Crippen LogP contribution in [0.25, 0.3) is 0 Å². The molecule has 1 amide bonds.